The van der Waals surface area contributed by atoms with Gasteiger partial charge in [0.15, 0.2) is 0 Å². The number of nitrogens with zero attached hydrogens (tertiary/aromatic N) is 2. The molecule has 0 aliphatic heterocycles. The van der Waals surface area contributed by atoms with Crippen LogP contribution in [0, 0.1) is 6.92 Å². The molecule has 0 N–H and O–H groups in total. The van der Waals surface area contributed by atoms with Crippen molar-refractivity contribution in [3.8, 4) is 11.4 Å². The summed E-state index contributed by atoms with van der Waals surface area (Å²) in [5, 5.41) is 7.36. The number of benzene rings is 5. The highest BCUT2D eigenvalue weighted by Gasteiger charge is 2.16. The van der Waals surface area contributed by atoms with Gasteiger partial charge in [0, 0.05) is 16.3 Å². The maximum atomic E-state index is 5.22. The summed E-state index contributed by atoms with van der Waals surface area (Å²) < 4.78 is 2.38. The van der Waals surface area contributed by atoms with Gasteiger partial charge in [0.2, 0.25) is 0 Å². The lowest BCUT2D eigenvalue weighted by Gasteiger charge is -2.08. The maximum Gasteiger partial charge on any atom is 0.146 e. The monoisotopic (exact) mass is 434 g/mol. The predicted octanol–water partition coefficient (Wildman–Crippen LogP) is 8.48. The van der Waals surface area contributed by atoms with E-state index in [1.54, 1.807) is 0 Å². The lowest BCUT2D eigenvalue weighted by molar-refractivity contribution is 1.21. The van der Waals surface area contributed by atoms with Gasteiger partial charge in [0.1, 0.15) is 5.82 Å². The molecular weight excluding hydrogens is 412 g/mol. The van der Waals surface area contributed by atoms with Crippen LogP contribution in [-0.4, -0.2) is 9.38 Å². The van der Waals surface area contributed by atoms with Gasteiger partial charge in [-0.3, -0.25) is 4.40 Å². The zero-order chi connectivity index (χ0) is 22.6. The number of aromatic nitrogens is 2. The molecule has 0 aliphatic carbocycles. The molecule has 2 nitrogen and oxygen atoms in total. The lowest BCUT2D eigenvalue weighted by atomic mass is 10.0. The SMILES string of the molecule is Cc1ccccc1-c1nc2cccc3c4ccccc4c4ccccc4c4ccccc4n1c23. The second kappa shape index (κ2) is 7.29. The molecule has 0 radical (unpaired) electrons. The van der Waals surface area contributed by atoms with Crippen LogP contribution in [0.1, 0.15) is 5.56 Å². The number of hydrogen-bond acceptors (Lipinski definition) is 1. The molecule has 0 saturated carbocycles. The minimum Gasteiger partial charge on any atom is -0.291 e. The quantitative estimate of drug-likeness (QED) is 0.253. The fourth-order valence-electron chi connectivity index (χ4n) is 5.38. The average molecular weight is 435 g/mol. The Morgan fingerprint density at radius 2 is 1.03 bits per heavy atom. The Bertz CT molecular complexity index is 1930. The van der Waals surface area contributed by atoms with Crippen molar-refractivity contribution in [1.29, 1.82) is 0 Å². The van der Waals surface area contributed by atoms with Gasteiger partial charge in [0.05, 0.1) is 16.6 Å². The Hall–Kier alpha value is -4.43. The van der Waals surface area contributed by atoms with Crippen molar-refractivity contribution in [2.24, 2.45) is 0 Å². The summed E-state index contributed by atoms with van der Waals surface area (Å²) in [5.74, 6) is 0.977. The number of rotatable bonds is 1. The standard InChI is InChI=1S/C32H22N2/c1-21-11-2-3-12-22(21)32-33-29-19-10-18-28-26-16-7-5-14-24(26)23-13-4-6-15-25(23)27-17-8-9-20-30(27)34(32)31(28)29/h2-20H,1H3. The van der Waals surface area contributed by atoms with Gasteiger partial charge >= 0.3 is 0 Å². The van der Waals surface area contributed by atoms with Crippen LogP contribution < -0.4 is 0 Å². The molecule has 0 spiro atoms. The van der Waals surface area contributed by atoms with E-state index in [-0.39, 0.29) is 0 Å². The summed E-state index contributed by atoms with van der Waals surface area (Å²) in [6, 6.07) is 41.2. The molecule has 34 heavy (non-hydrogen) atoms. The molecule has 2 heterocycles. The third-order valence-corrected chi connectivity index (χ3v) is 6.93. The highest BCUT2D eigenvalue weighted by atomic mass is 15.0. The van der Waals surface area contributed by atoms with Crippen LogP contribution in [0.2, 0.25) is 0 Å². The van der Waals surface area contributed by atoms with Crippen LogP contribution in [0.5, 0.6) is 0 Å². The Balaban J connectivity index is 1.93. The Labute approximate surface area is 197 Å². The van der Waals surface area contributed by atoms with Crippen LogP contribution in [0.15, 0.2) is 115 Å². The number of aryl methyl sites for hydroxylation is 1. The molecule has 0 amide bonds. The molecule has 0 unspecified atom stereocenters. The zero-order valence-corrected chi connectivity index (χ0v) is 18.9. The predicted molar refractivity (Wildman–Crippen MR) is 144 cm³/mol. The molecule has 0 saturated heterocycles. The van der Waals surface area contributed by atoms with Crippen LogP contribution >= 0.6 is 0 Å². The normalized spacial score (nSPS) is 11.7. The van der Waals surface area contributed by atoms with Gasteiger partial charge in [-0.05, 0) is 46.2 Å². The molecule has 0 atom stereocenters. The van der Waals surface area contributed by atoms with E-state index in [1.165, 1.54) is 37.9 Å². The van der Waals surface area contributed by atoms with Crippen LogP contribution in [-0.2, 0) is 0 Å². The van der Waals surface area contributed by atoms with Gasteiger partial charge in [-0.25, -0.2) is 4.98 Å². The highest BCUT2D eigenvalue weighted by Crippen LogP contribution is 2.36. The third kappa shape index (κ3) is 2.66. The van der Waals surface area contributed by atoms with E-state index in [4.69, 9.17) is 4.98 Å². The summed E-state index contributed by atoms with van der Waals surface area (Å²) in [5.41, 5.74) is 5.67. The molecule has 2 heteroatoms. The molecular formula is C32H22N2. The van der Waals surface area contributed by atoms with E-state index >= 15 is 0 Å². The summed E-state index contributed by atoms with van der Waals surface area (Å²) in [6.07, 6.45) is 0. The van der Waals surface area contributed by atoms with E-state index in [9.17, 15) is 0 Å². The van der Waals surface area contributed by atoms with Crippen molar-refractivity contribution in [3.63, 3.8) is 0 Å². The van der Waals surface area contributed by atoms with Crippen LogP contribution in [0.3, 0.4) is 0 Å². The van der Waals surface area contributed by atoms with Gasteiger partial charge in [-0.15, -0.1) is 0 Å². The first kappa shape index (κ1) is 19.1. The van der Waals surface area contributed by atoms with Crippen molar-refractivity contribution < 1.29 is 0 Å². The maximum absolute atomic E-state index is 5.22. The molecule has 0 aliphatic rings. The molecule has 0 fully saturated rings. The van der Waals surface area contributed by atoms with Crippen LogP contribution in [0.4, 0.5) is 0 Å². The van der Waals surface area contributed by atoms with Crippen molar-refractivity contribution in [1.82, 2.24) is 9.38 Å². The van der Waals surface area contributed by atoms with E-state index in [0.29, 0.717) is 0 Å². The van der Waals surface area contributed by atoms with E-state index in [2.05, 4.69) is 127 Å². The van der Waals surface area contributed by atoms with E-state index < -0.39 is 0 Å². The van der Waals surface area contributed by atoms with Crippen molar-refractivity contribution in [2.45, 2.75) is 6.92 Å². The van der Waals surface area contributed by atoms with Gasteiger partial charge < -0.3 is 0 Å². The smallest absolute Gasteiger partial charge is 0.146 e. The first-order valence-corrected chi connectivity index (χ1v) is 11.7. The van der Waals surface area contributed by atoms with Crippen molar-refractivity contribution in [3.05, 3.63) is 121 Å². The number of fused-ring (bicyclic) bond motifs is 7. The Morgan fingerprint density at radius 1 is 0.500 bits per heavy atom. The molecule has 7 rings (SSSR count). The Kier molecular flexibility index (Phi) is 4.09. The van der Waals surface area contributed by atoms with Crippen molar-refractivity contribution >= 4 is 48.9 Å². The topological polar surface area (TPSA) is 17.3 Å². The van der Waals surface area contributed by atoms with Gasteiger partial charge in [-0.1, -0.05) is 103 Å². The first-order chi connectivity index (χ1) is 16.8. The highest BCUT2D eigenvalue weighted by molar-refractivity contribution is 6.21. The molecule has 5 aromatic carbocycles. The molecule has 0 bridgehead atoms. The van der Waals surface area contributed by atoms with E-state index in [1.807, 2.05) is 0 Å². The van der Waals surface area contributed by atoms with Crippen molar-refractivity contribution in [2.75, 3.05) is 0 Å². The van der Waals surface area contributed by atoms with Gasteiger partial charge in [-0.2, -0.15) is 0 Å². The average Bonchev–Trinajstić information content (AvgIpc) is 3.29. The fraction of sp³-hybridized carbons (Fsp3) is 0.0312. The summed E-state index contributed by atoms with van der Waals surface area (Å²) in [4.78, 5) is 5.22. The second-order valence-corrected chi connectivity index (χ2v) is 8.87. The number of imidazole rings is 1. The first-order valence-electron chi connectivity index (χ1n) is 11.7. The van der Waals surface area contributed by atoms with E-state index in [0.717, 1.165) is 27.9 Å². The third-order valence-electron chi connectivity index (χ3n) is 6.93. The Morgan fingerprint density at radius 3 is 1.74 bits per heavy atom. The lowest BCUT2D eigenvalue weighted by Crippen LogP contribution is -1.93. The largest absolute Gasteiger partial charge is 0.291 e. The van der Waals surface area contributed by atoms with Crippen LogP contribution in [0.25, 0.3) is 60.3 Å². The number of hydrogen-bond donors (Lipinski definition) is 0. The summed E-state index contributed by atoms with van der Waals surface area (Å²) >= 11 is 0. The van der Waals surface area contributed by atoms with Gasteiger partial charge in [0.25, 0.3) is 0 Å². The molecule has 7 aromatic rings. The second-order valence-electron chi connectivity index (χ2n) is 8.87. The fourth-order valence-corrected chi connectivity index (χ4v) is 5.38. The minimum atomic E-state index is 0.977. The zero-order valence-electron chi connectivity index (χ0n) is 18.9. The molecule has 160 valence electrons. The summed E-state index contributed by atoms with van der Waals surface area (Å²) in [7, 11) is 0. The minimum absolute atomic E-state index is 0.977. The molecule has 2 aromatic heterocycles. The summed E-state index contributed by atoms with van der Waals surface area (Å²) in [6.45, 7) is 2.16. The number of para-hydroxylation sites is 2.